The van der Waals surface area contributed by atoms with E-state index in [-0.39, 0.29) is 5.56 Å². The number of rotatable bonds is 4. The van der Waals surface area contributed by atoms with Crippen LogP contribution < -0.4 is 0 Å². The Labute approximate surface area is 75.0 Å². The quantitative estimate of drug-likeness (QED) is 0.782. The maximum absolute atomic E-state index is 12.0. The summed E-state index contributed by atoms with van der Waals surface area (Å²) < 4.78 is 25.6. The van der Waals surface area contributed by atoms with Crippen molar-refractivity contribution in [3.63, 3.8) is 0 Å². The smallest absolute Gasteiger partial charge is 0.268 e. The molecule has 1 atom stereocenters. The molecular formula is C8H12F2N2O. The first-order chi connectivity index (χ1) is 6.15. The SMILES string of the molecule is CCCn1cc(C(O)C(F)F)cn1. The van der Waals surface area contributed by atoms with Crippen molar-refractivity contribution in [2.24, 2.45) is 0 Å². The highest BCUT2D eigenvalue weighted by Crippen LogP contribution is 2.19. The van der Waals surface area contributed by atoms with Gasteiger partial charge in [0.15, 0.2) is 0 Å². The van der Waals surface area contributed by atoms with Gasteiger partial charge in [-0.3, -0.25) is 4.68 Å². The average molecular weight is 190 g/mol. The summed E-state index contributed by atoms with van der Waals surface area (Å²) >= 11 is 0. The molecule has 0 aliphatic carbocycles. The van der Waals surface area contributed by atoms with Gasteiger partial charge in [-0.15, -0.1) is 0 Å². The Kier molecular flexibility index (Phi) is 3.36. The largest absolute Gasteiger partial charge is 0.382 e. The molecule has 1 aromatic heterocycles. The molecule has 0 saturated carbocycles. The van der Waals surface area contributed by atoms with Crippen LogP contribution in [0.25, 0.3) is 0 Å². The van der Waals surface area contributed by atoms with Crippen LogP contribution in [0.15, 0.2) is 12.4 Å². The minimum Gasteiger partial charge on any atom is -0.382 e. The van der Waals surface area contributed by atoms with Crippen LogP contribution in [0.4, 0.5) is 8.78 Å². The van der Waals surface area contributed by atoms with Crippen LogP contribution >= 0.6 is 0 Å². The number of aromatic nitrogens is 2. The first-order valence-corrected chi connectivity index (χ1v) is 4.13. The van der Waals surface area contributed by atoms with Crippen molar-refractivity contribution in [2.45, 2.75) is 32.4 Å². The third-order valence-corrected chi connectivity index (χ3v) is 1.69. The van der Waals surface area contributed by atoms with Gasteiger partial charge in [-0.2, -0.15) is 5.10 Å². The Morgan fingerprint density at radius 3 is 2.85 bits per heavy atom. The number of aliphatic hydroxyl groups excluding tert-OH is 1. The molecule has 0 amide bonds. The van der Waals surface area contributed by atoms with E-state index >= 15 is 0 Å². The number of aliphatic hydroxyl groups is 1. The van der Waals surface area contributed by atoms with E-state index in [9.17, 15) is 8.78 Å². The van der Waals surface area contributed by atoms with Crippen molar-refractivity contribution >= 4 is 0 Å². The summed E-state index contributed by atoms with van der Waals surface area (Å²) in [4.78, 5) is 0. The van der Waals surface area contributed by atoms with Crippen LogP contribution in [0.2, 0.25) is 0 Å². The van der Waals surface area contributed by atoms with Crippen LogP contribution in [0.3, 0.4) is 0 Å². The second kappa shape index (κ2) is 4.32. The predicted octanol–water partition coefficient (Wildman–Crippen LogP) is 1.59. The molecule has 0 bridgehead atoms. The van der Waals surface area contributed by atoms with E-state index < -0.39 is 12.5 Å². The summed E-state index contributed by atoms with van der Waals surface area (Å²) in [5.41, 5.74) is 0.170. The predicted molar refractivity (Wildman–Crippen MR) is 43.5 cm³/mol. The maximum atomic E-state index is 12.0. The van der Waals surface area contributed by atoms with Gasteiger partial charge in [0.1, 0.15) is 6.10 Å². The number of nitrogens with zero attached hydrogens (tertiary/aromatic N) is 2. The van der Waals surface area contributed by atoms with E-state index in [0.29, 0.717) is 6.54 Å². The topological polar surface area (TPSA) is 38.0 Å². The van der Waals surface area contributed by atoms with Gasteiger partial charge in [-0.25, -0.2) is 8.78 Å². The molecule has 0 radical (unpaired) electrons. The first kappa shape index (κ1) is 10.1. The number of aryl methyl sites for hydroxylation is 1. The van der Waals surface area contributed by atoms with Crippen LogP contribution in [0, 0.1) is 0 Å². The fourth-order valence-electron chi connectivity index (χ4n) is 1.03. The fourth-order valence-corrected chi connectivity index (χ4v) is 1.03. The van der Waals surface area contributed by atoms with E-state index in [0.717, 1.165) is 6.42 Å². The summed E-state index contributed by atoms with van der Waals surface area (Å²) in [5, 5.41) is 12.8. The van der Waals surface area contributed by atoms with Gasteiger partial charge in [0.2, 0.25) is 0 Å². The zero-order chi connectivity index (χ0) is 9.84. The molecule has 1 aromatic rings. The van der Waals surface area contributed by atoms with Crippen molar-refractivity contribution in [3.8, 4) is 0 Å². The molecular weight excluding hydrogens is 178 g/mol. The van der Waals surface area contributed by atoms with Crippen LogP contribution in [0.5, 0.6) is 0 Å². The second-order valence-corrected chi connectivity index (χ2v) is 2.82. The van der Waals surface area contributed by atoms with E-state index in [1.165, 1.54) is 12.4 Å². The first-order valence-electron chi connectivity index (χ1n) is 4.13. The van der Waals surface area contributed by atoms with Crippen LogP contribution in [0.1, 0.15) is 25.0 Å². The maximum Gasteiger partial charge on any atom is 0.268 e. The summed E-state index contributed by atoms with van der Waals surface area (Å²) in [7, 11) is 0. The zero-order valence-electron chi connectivity index (χ0n) is 7.32. The molecule has 1 heterocycles. The Morgan fingerprint density at radius 2 is 2.31 bits per heavy atom. The third-order valence-electron chi connectivity index (χ3n) is 1.69. The van der Waals surface area contributed by atoms with Crippen molar-refractivity contribution < 1.29 is 13.9 Å². The zero-order valence-corrected chi connectivity index (χ0v) is 7.32. The highest BCUT2D eigenvalue weighted by atomic mass is 19.3. The third kappa shape index (κ3) is 2.48. The lowest BCUT2D eigenvalue weighted by Crippen LogP contribution is -2.06. The highest BCUT2D eigenvalue weighted by Gasteiger charge is 2.20. The molecule has 0 aliphatic rings. The minimum atomic E-state index is -2.75. The molecule has 1 unspecified atom stereocenters. The number of hydrogen-bond acceptors (Lipinski definition) is 2. The molecule has 0 fully saturated rings. The van der Waals surface area contributed by atoms with Crippen LogP contribution in [-0.4, -0.2) is 21.3 Å². The Hall–Kier alpha value is -0.970. The summed E-state index contributed by atoms with van der Waals surface area (Å²) in [6.07, 6.45) is -0.872. The van der Waals surface area contributed by atoms with Gasteiger partial charge in [-0.1, -0.05) is 6.92 Å². The lowest BCUT2D eigenvalue weighted by atomic mass is 10.2. The summed E-state index contributed by atoms with van der Waals surface area (Å²) in [6.45, 7) is 2.64. The van der Waals surface area contributed by atoms with Crippen molar-refractivity contribution in [1.29, 1.82) is 0 Å². The lowest BCUT2D eigenvalue weighted by Gasteiger charge is -2.05. The van der Waals surface area contributed by atoms with Gasteiger partial charge in [0, 0.05) is 18.3 Å². The standard InChI is InChI=1S/C8H12F2N2O/c1-2-3-12-5-6(4-11-12)7(13)8(9)10/h4-5,7-8,13H,2-3H2,1H3. The molecule has 0 aliphatic heterocycles. The van der Waals surface area contributed by atoms with Crippen molar-refractivity contribution in [3.05, 3.63) is 18.0 Å². The van der Waals surface area contributed by atoms with E-state index in [1.54, 1.807) is 4.68 Å². The monoisotopic (exact) mass is 190 g/mol. The van der Waals surface area contributed by atoms with Gasteiger partial charge < -0.3 is 5.11 Å². The highest BCUT2D eigenvalue weighted by molar-refractivity contribution is 5.08. The minimum absolute atomic E-state index is 0.170. The van der Waals surface area contributed by atoms with Gasteiger partial charge in [0.25, 0.3) is 6.43 Å². The lowest BCUT2D eigenvalue weighted by molar-refractivity contribution is -0.00583. The van der Waals surface area contributed by atoms with Gasteiger partial charge in [-0.05, 0) is 6.42 Å². The number of halogens is 2. The normalized spacial score (nSPS) is 13.6. The molecule has 13 heavy (non-hydrogen) atoms. The van der Waals surface area contributed by atoms with Crippen LogP contribution in [-0.2, 0) is 6.54 Å². The molecule has 1 rings (SSSR count). The summed E-state index contributed by atoms with van der Waals surface area (Å²) in [5.74, 6) is 0. The summed E-state index contributed by atoms with van der Waals surface area (Å²) in [6, 6.07) is 0. The fraction of sp³-hybridized carbons (Fsp3) is 0.625. The number of hydrogen-bond donors (Lipinski definition) is 1. The van der Waals surface area contributed by atoms with Gasteiger partial charge in [0.05, 0.1) is 6.20 Å². The Morgan fingerprint density at radius 1 is 1.62 bits per heavy atom. The van der Waals surface area contributed by atoms with E-state index in [4.69, 9.17) is 5.11 Å². The molecule has 1 N–H and O–H groups in total. The Bertz CT molecular complexity index is 262. The van der Waals surface area contributed by atoms with E-state index in [1.807, 2.05) is 6.92 Å². The van der Waals surface area contributed by atoms with Gasteiger partial charge >= 0.3 is 0 Å². The molecule has 0 saturated heterocycles. The molecule has 0 aromatic carbocycles. The second-order valence-electron chi connectivity index (χ2n) is 2.82. The van der Waals surface area contributed by atoms with E-state index in [2.05, 4.69) is 5.10 Å². The molecule has 3 nitrogen and oxygen atoms in total. The average Bonchev–Trinajstić information content (AvgIpc) is 2.52. The molecule has 0 spiro atoms. The Balaban J connectivity index is 2.67. The number of alkyl halides is 2. The molecule has 74 valence electrons. The molecule has 5 heteroatoms. The van der Waals surface area contributed by atoms with Crippen molar-refractivity contribution in [1.82, 2.24) is 9.78 Å². The van der Waals surface area contributed by atoms with Crippen molar-refractivity contribution in [2.75, 3.05) is 0 Å².